The van der Waals surface area contributed by atoms with Gasteiger partial charge in [-0.3, -0.25) is 4.99 Å². The molecular formula is C17H27N3O2. The van der Waals surface area contributed by atoms with Crippen molar-refractivity contribution in [2.45, 2.75) is 26.2 Å². The van der Waals surface area contributed by atoms with Crippen molar-refractivity contribution in [3.05, 3.63) is 24.2 Å². The quantitative estimate of drug-likeness (QED) is 0.669. The van der Waals surface area contributed by atoms with Crippen LogP contribution in [0.2, 0.25) is 0 Å². The maximum absolute atomic E-state index is 5.54. The first-order valence-electron chi connectivity index (χ1n) is 8.50. The highest BCUT2D eigenvalue weighted by atomic mass is 16.5. The minimum atomic E-state index is 0.746. The van der Waals surface area contributed by atoms with Gasteiger partial charge >= 0.3 is 0 Å². The fourth-order valence-corrected chi connectivity index (χ4v) is 3.44. The molecule has 1 aromatic rings. The van der Waals surface area contributed by atoms with Crippen LogP contribution in [0.1, 0.15) is 25.5 Å². The topological polar surface area (TPSA) is 50.0 Å². The maximum Gasteiger partial charge on any atom is 0.193 e. The molecule has 2 fully saturated rings. The minimum Gasteiger partial charge on any atom is -0.469 e. The molecule has 0 bridgehead atoms. The molecule has 2 atom stereocenters. The Labute approximate surface area is 132 Å². The number of nitrogens with one attached hydrogen (secondary N) is 1. The molecule has 0 saturated carbocycles. The van der Waals surface area contributed by atoms with Crippen molar-refractivity contribution < 1.29 is 9.15 Å². The molecule has 0 aliphatic carbocycles. The summed E-state index contributed by atoms with van der Waals surface area (Å²) in [6.45, 7) is 7.91. The Morgan fingerprint density at radius 2 is 2.36 bits per heavy atom. The van der Waals surface area contributed by atoms with E-state index in [1.807, 2.05) is 12.1 Å². The summed E-state index contributed by atoms with van der Waals surface area (Å²) in [6, 6.07) is 3.94. The summed E-state index contributed by atoms with van der Waals surface area (Å²) in [5.74, 6) is 3.56. The summed E-state index contributed by atoms with van der Waals surface area (Å²) in [7, 11) is 0. The number of hydrogen-bond acceptors (Lipinski definition) is 3. The lowest BCUT2D eigenvalue weighted by molar-refractivity contribution is 0.173. The third-order valence-electron chi connectivity index (χ3n) is 4.69. The van der Waals surface area contributed by atoms with E-state index in [9.17, 15) is 0 Å². The standard InChI is InChI=1S/C17H27N3O2/c1-2-18-17(19-8-5-16-4-3-10-22-16)20-9-6-14(12-20)15-7-11-21-13-15/h3-4,10,14-15H,2,5-9,11-13H2,1H3,(H,18,19). The zero-order valence-electron chi connectivity index (χ0n) is 13.5. The van der Waals surface area contributed by atoms with Crippen LogP contribution in [0.5, 0.6) is 0 Å². The second kappa shape index (κ2) is 7.68. The van der Waals surface area contributed by atoms with Crippen LogP contribution in [0.15, 0.2) is 27.8 Å². The second-order valence-electron chi connectivity index (χ2n) is 6.18. The summed E-state index contributed by atoms with van der Waals surface area (Å²) >= 11 is 0. The van der Waals surface area contributed by atoms with Crippen molar-refractivity contribution in [3.8, 4) is 0 Å². The van der Waals surface area contributed by atoms with Crippen molar-refractivity contribution in [1.29, 1.82) is 0 Å². The van der Waals surface area contributed by atoms with E-state index in [0.29, 0.717) is 0 Å². The van der Waals surface area contributed by atoms with E-state index in [1.54, 1.807) is 6.26 Å². The smallest absolute Gasteiger partial charge is 0.193 e. The van der Waals surface area contributed by atoms with E-state index < -0.39 is 0 Å². The predicted octanol–water partition coefficient (Wildman–Crippen LogP) is 2.15. The van der Waals surface area contributed by atoms with Crippen molar-refractivity contribution >= 4 is 5.96 Å². The first kappa shape index (κ1) is 15.4. The van der Waals surface area contributed by atoms with Crippen LogP contribution in [-0.2, 0) is 11.2 Å². The number of rotatable bonds is 5. The van der Waals surface area contributed by atoms with Crippen LogP contribution >= 0.6 is 0 Å². The fraction of sp³-hybridized carbons (Fsp3) is 0.706. The van der Waals surface area contributed by atoms with Gasteiger partial charge in [-0.25, -0.2) is 0 Å². The van der Waals surface area contributed by atoms with E-state index in [1.165, 1.54) is 12.8 Å². The van der Waals surface area contributed by atoms with E-state index in [2.05, 4.69) is 17.1 Å². The highest BCUT2D eigenvalue weighted by Gasteiger charge is 2.32. The Morgan fingerprint density at radius 3 is 3.09 bits per heavy atom. The zero-order chi connectivity index (χ0) is 15.2. The van der Waals surface area contributed by atoms with Gasteiger partial charge in [0.05, 0.1) is 6.26 Å². The van der Waals surface area contributed by atoms with Crippen molar-refractivity contribution in [3.63, 3.8) is 0 Å². The molecule has 1 aromatic heterocycles. The number of ether oxygens (including phenoxy) is 1. The Morgan fingerprint density at radius 1 is 1.41 bits per heavy atom. The number of likely N-dealkylation sites (tertiary alicyclic amines) is 1. The van der Waals surface area contributed by atoms with Crippen LogP contribution in [0.4, 0.5) is 0 Å². The number of nitrogens with zero attached hydrogens (tertiary/aromatic N) is 2. The normalized spacial score (nSPS) is 25.9. The predicted molar refractivity (Wildman–Crippen MR) is 87.0 cm³/mol. The molecule has 0 radical (unpaired) electrons. The first-order chi connectivity index (χ1) is 10.9. The summed E-state index contributed by atoms with van der Waals surface area (Å²) in [5, 5.41) is 3.43. The molecule has 3 heterocycles. The van der Waals surface area contributed by atoms with Gasteiger partial charge in [-0.1, -0.05) is 0 Å². The summed E-state index contributed by atoms with van der Waals surface area (Å²) in [6.07, 6.45) is 5.07. The van der Waals surface area contributed by atoms with Crippen LogP contribution in [0.3, 0.4) is 0 Å². The monoisotopic (exact) mass is 305 g/mol. The number of furan rings is 1. The molecule has 2 aliphatic rings. The first-order valence-corrected chi connectivity index (χ1v) is 8.50. The fourth-order valence-electron chi connectivity index (χ4n) is 3.44. The number of hydrogen-bond donors (Lipinski definition) is 1. The Balaban J connectivity index is 1.53. The largest absolute Gasteiger partial charge is 0.469 e. The molecule has 5 nitrogen and oxygen atoms in total. The SMILES string of the molecule is CCNC(=NCCc1ccco1)N1CCC(C2CCOC2)C1. The van der Waals surface area contributed by atoms with Crippen molar-refractivity contribution in [1.82, 2.24) is 10.2 Å². The average molecular weight is 305 g/mol. The van der Waals surface area contributed by atoms with Crippen molar-refractivity contribution in [2.24, 2.45) is 16.8 Å². The third-order valence-corrected chi connectivity index (χ3v) is 4.69. The number of aliphatic imine (C=N–C) groups is 1. The molecule has 1 N–H and O–H groups in total. The zero-order valence-corrected chi connectivity index (χ0v) is 13.5. The lowest BCUT2D eigenvalue weighted by Gasteiger charge is -2.23. The summed E-state index contributed by atoms with van der Waals surface area (Å²) in [4.78, 5) is 7.18. The molecule has 22 heavy (non-hydrogen) atoms. The van der Waals surface area contributed by atoms with E-state index in [-0.39, 0.29) is 0 Å². The van der Waals surface area contributed by atoms with E-state index in [4.69, 9.17) is 14.1 Å². The molecule has 0 amide bonds. The molecule has 0 aromatic carbocycles. The second-order valence-corrected chi connectivity index (χ2v) is 6.18. The molecule has 2 saturated heterocycles. The van der Waals surface area contributed by atoms with Gasteiger partial charge in [-0.2, -0.15) is 0 Å². The molecule has 3 rings (SSSR count). The lowest BCUT2D eigenvalue weighted by Crippen LogP contribution is -2.40. The average Bonchev–Trinajstić information content (AvgIpc) is 3.27. The van der Waals surface area contributed by atoms with Gasteiger partial charge in [-0.05, 0) is 43.7 Å². The van der Waals surface area contributed by atoms with Crippen LogP contribution in [0, 0.1) is 11.8 Å². The van der Waals surface area contributed by atoms with E-state index in [0.717, 1.165) is 69.4 Å². The molecular weight excluding hydrogens is 278 g/mol. The van der Waals surface area contributed by atoms with Gasteiger partial charge in [-0.15, -0.1) is 0 Å². The van der Waals surface area contributed by atoms with Gasteiger partial charge in [0.25, 0.3) is 0 Å². The summed E-state index contributed by atoms with van der Waals surface area (Å²) in [5.41, 5.74) is 0. The maximum atomic E-state index is 5.54. The summed E-state index contributed by atoms with van der Waals surface area (Å²) < 4.78 is 10.9. The Kier molecular flexibility index (Phi) is 5.38. The molecule has 2 unspecified atom stereocenters. The van der Waals surface area contributed by atoms with Gasteiger partial charge in [0.1, 0.15) is 5.76 Å². The van der Waals surface area contributed by atoms with Crippen molar-refractivity contribution in [2.75, 3.05) is 39.4 Å². The molecule has 0 spiro atoms. The van der Waals surface area contributed by atoms with Gasteiger partial charge in [0.2, 0.25) is 0 Å². The highest BCUT2D eigenvalue weighted by Crippen LogP contribution is 2.29. The van der Waals surface area contributed by atoms with Crippen LogP contribution in [0.25, 0.3) is 0 Å². The molecule has 5 heteroatoms. The van der Waals surface area contributed by atoms with Gasteiger partial charge in [0.15, 0.2) is 5.96 Å². The van der Waals surface area contributed by atoms with E-state index >= 15 is 0 Å². The Bertz CT molecular complexity index is 466. The van der Waals surface area contributed by atoms with Crippen LogP contribution in [-0.4, -0.2) is 50.3 Å². The minimum absolute atomic E-state index is 0.746. The molecule has 122 valence electrons. The molecule has 2 aliphatic heterocycles. The van der Waals surface area contributed by atoms with Crippen LogP contribution < -0.4 is 5.32 Å². The van der Waals surface area contributed by atoms with Gasteiger partial charge in [0, 0.05) is 45.8 Å². The van der Waals surface area contributed by atoms with Gasteiger partial charge < -0.3 is 19.4 Å². The number of guanidine groups is 1. The highest BCUT2D eigenvalue weighted by molar-refractivity contribution is 5.80. The lowest BCUT2D eigenvalue weighted by atomic mass is 9.91. The third kappa shape index (κ3) is 3.83. The Hall–Kier alpha value is -1.49.